The zero-order valence-electron chi connectivity index (χ0n) is 11.8. The Bertz CT molecular complexity index is 226. The van der Waals surface area contributed by atoms with Gasteiger partial charge in [0.1, 0.15) is 0 Å². The zero-order chi connectivity index (χ0) is 12.3. The molecule has 1 heterocycles. The highest BCUT2D eigenvalue weighted by Gasteiger charge is 2.27. The molecule has 17 heavy (non-hydrogen) atoms. The fourth-order valence-electron chi connectivity index (χ4n) is 2.54. The van der Waals surface area contributed by atoms with Crippen LogP contribution < -0.4 is 5.32 Å². The second kappa shape index (κ2) is 6.17. The summed E-state index contributed by atoms with van der Waals surface area (Å²) in [7, 11) is 2.23. The van der Waals surface area contributed by atoms with Crippen molar-refractivity contribution < 1.29 is 0 Å². The van der Waals surface area contributed by atoms with Crippen LogP contribution in [0.15, 0.2) is 0 Å². The summed E-state index contributed by atoms with van der Waals surface area (Å²) in [4.78, 5) is 5.08. The Morgan fingerprint density at radius 3 is 2.65 bits per heavy atom. The first kappa shape index (κ1) is 13.3. The van der Waals surface area contributed by atoms with Gasteiger partial charge in [-0.1, -0.05) is 0 Å². The van der Waals surface area contributed by atoms with Gasteiger partial charge in [-0.15, -0.1) is 0 Å². The molecule has 3 nitrogen and oxygen atoms in total. The van der Waals surface area contributed by atoms with E-state index < -0.39 is 0 Å². The number of likely N-dealkylation sites (N-methyl/N-ethyl adjacent to an activating group) is 1. The molecule has 2 fully saturated rings. The van der Waals surface area contributed by atoms with Crippen LogP contribution in [-0.4, -0.2) is 61.2 Å². The normalized spacial score (nSPS) is 27.0. The molecular weight excluding hydrogens is 210 g/mol. The number of hydrogen-bond acceptors (Lipinski definition) is 3. The van der Waals surface area contributed by atoms with Crippen molar-refractivity contribution >= 4 is 0 Å². The lowest BCUT2D eigenvalue weighted by Gasteiger charge is -2.34. The molecule has 2 rings (SSSR count). The third kappa shape index (κ3) is 4.57. The number of piperidine rings is 1. The van der Waals surface area contributed by atoms with Gasteiger partial charge in [0.25, 0.3) is 0 Å². The monoisotopic (exact) mass is 239 g/mol. The van der Waals surface area contributed by atoms with Crippen LogP contribution in [0.2, 0.25) is 0 Å². The average molecular weight is 239 g/mol. The smallest absolute Gasteiger partial charge is 0.0198 e. The molecule has 0 aromatic rings. The second-order valence-electron chi connectivity index (χ2n) is 6.16. The Morgan fingerprint density at radius 2 is 2.00 bits per heavy atom. The van der Waals surface area contributed by atoms with Gasteiger partial charge in [-0.05, 0) is 53.1 Å². The van der Waals surface area contributed by atoms with Gasteiger partial charge in [-0.25, -0.2) is 0 Å². The van der Waals surface area contributed by atoms with Crippen LogP contribution in [0, 0.1) is 0 Å². The van der Waals surface area contributed by atoms with E-state index in [0.717, 1.165) is 12.1 Å². The molecule has 1 unspecified atom stereocenters. The van der Waals surface area contributed by atoms with Gasteiger partial charge in [-0.2, -0.15) is 0 Å². The summed E-state index contributed by atoms with van der Waals surface area (Å²) >= 11 is 0. The fraction of sp³-hybridized carbons (Fsp3) is 1.00. The maximum atomic E-state index is 3.78. The first-order valence-electron chi connectivity index (χ1n) is 7.34. The highest BCUT2D eigenvalue weighted by atomic mass is 15.2. The predicted octanol–water partition coefficient (Wildman–Crippen LogP) is 1.54. The van der Waals surface area contributed by atoms with Crippen LogP contribution >= 0.6 is 0 Å². The SMILES string of the molecule is CC(C)N(C)CCN1CCCC(NC2CC2)C1. The van der Waals surface area contributed by atoms with Crippen LogP contribution in [0.5, 0.6) is 0 Å². The number of rotatable bonds is 6. The average Bonchev–Trinajstić information content (AvgIpc) is 3.10. The van der Waals surface area contributed by atoms with E-state index in [4.69, 9.17) is 0 Å². The van der Waals surface area contributed by atoms with Gasteiger partial charge >= 0.3 is 0 Å². The largest absolute Gasteiger partial charge is 0.310 e. The first-order chi connectivity index (χ1) is 8.15. The van der Waals surface area contributed by atoms with Crippen molar-refractivity contribution in [2.24, 2.45) is 0 Å². The second-order valence-corrected chi connectivity index (χ2v) is 6.16. The minimum atomic E-state index is 0.667. The van der Waals surface area contributed by atoms with E-state index in [1.54, 1.807) is 0 Å². The third-order valence-corrected chi connectivity index (χ3v) is 4.20. The fourth-order valence-corrected chi connectivity index (χ4v) is 2.54. The molecule has 0 amide bonds. The molecule has 1 saturated heterocycles. The third-order valence-electron chi connectivity index (χ3n) is 4.20. The molecule has 100 valence electrons. The van der Waals surface area contributed by atoms with Gasteiger partial charge in [0, 0.05) is 37.8 Å². The van der Waals surface area contributed by atoms with Crippen molar-refractivity contribution in [3.05, 3.63) is 0 Å². The highest BCUT2D eigenvalue weighted by Crippen LogP contribution is 2.21. The Balaban J connectivity index is 1.65. The van der Waals surface area contributed by atoms with Crippen LogP contribution in [-0.2, 0) is 0 Å². The van der Waals surface area contributed by atoms with Crippen LogP contribution in [0.3, 0.4) is 0 Å². The zero-order valence-corrected chi connectivity index (χ0v) is 11.8. The molecule has 3 heteroatoms. The quantitative estimate of drug-likeness (QED) is 0.758. The van der Waals surface area contributed by atoms with Crippen molar-refractivity contribution in [2.75, 3.05) is 33.2 Å². The van der Waals surface area contributed by atoms with Gasteiger partial charge in [0.15, 0.2) is 0 Å². The van der Waals surface area contributed by atoms with Gasteiger partial charge in [-0.3, -0.25) is 0 Å². The number of nitrogens with zero attached hydrogens (tertiary/aromatic N) is 2. The lowest BCUT2D eigenvalue weighted by Crippen LogP contribution is -2.48. The van der Waals surface area contributed by atoms with Crippen molar-refractivity contribution in [2.45, 2.75) is 57.7 Å². The summed E-state index contributed by atoms with van der Waals surface area (Å²) in [6.45, 7) is 9.55. The molecule has 0 aromatic carbocycles. The molecule has 0 bridgehead atoms. The summed E-state index contributed by atoms with van der Waals surface area (Å²) < 4.78 is 0. The summed E-state index contributed by atoms with van der Waals surface area (Å²) in [5.74, 6) is 0. The summed E-state index contributed by atoms with van der Waals surface area (Å²) in [5, 5.41) is 3.78. The molecule has 0 radical (unpaired) electrons. The minimum Gasteiger partial charge on any atom is -0.310 e. The number of hydrogen-bond donors (Lipinski definition) is 1. The van der Waals surface area contributed by atoms with Crippen molar-refractivity contribution in [3.63, 3.8) is 0 Å². The van der Waals surface area contributed by atoms with Gasteiger partial charge in [0.2, 0.25) is 0 Å². The molecule has 1 atom stereocenters. The molecular formula is C14H29N3. The number of nitrogens with one attached hydrogen (secondary N) is 1. The molecule has 1 N–H and O–H groups in total. The predicted molar refractivity (Wildman–Crippen MR) is 73.4 cm³/mol. The Morgan fingerprint density at radius 1 is 1.24 bits per heavy atom. The standard InChI is InChI=1S/C14H29N3/c1-12(2)16(3)9-10-17-8-4-5-14(11-17)15-13-6-7-13/h12-15H,4-11H2,1-3H3. The Kier molecular flexibility index (Phi) is 4.83. The van der Waals surface area contributed by atoms with E-state index in [1.165, 1.54) is 51.9 Å². The molecule has 0 aromatic heterocycles. The molecule has 1 aliphatic carbocycles. The van der Waals surface area contributed by atoms with E-state index in [-0.39, 0.29) is 0 Å². The van der Waals surface area contributed by atoms with Gasteiger partial charge in [0.05, 0.1) is 0 Å². The maximum Gasteiger partial charge on any atom is 0.0198 e. The maximum absolute atomic E-state index is 3.78. The van der Waals surface area contributed by atoms with Crippen molar-refractivity contribution in [1.29, 1.82) is 0 Å². The molecule has 1 saturated carbocycles. The number of likely N-dealkylation sites (tertiary alicyclic amines) is 1. The van der Waals surface area contributed by atoms with Gasteiger partial charge < -0.3 is 15.1 Å². The van der Waals surface area contributed by atoms with E-state index in [2.05, 4.69) is 36.0 Å². The van der Waals surface area contributed by atoms with Crippen molar-refractivity contribution in [1.82, 2.24) is 15.1 Å². The van der Waals surface area contributed by atoms with Crippen molar-refractivity contribution in [3.8, 4) is 0 Å². The topological polar surface area (TPSA) is 18.5 Å². The van der Waals surface area contributed by atoms with E-state index in [1.807, 2.05) is 0 Å². The Labute approximate surface area is 107 Å². The lowest BCUT2D eigenvalue weighted by molar-refractivity contribution is 0.158. The van der Waals surface area contributed by atoms with E-state index in [0.29, 0.717) is 6.04 Å². The summed E-state index contributed by atoms with van der Waals surface area (Å²) in [6, 6.07) is 2.29. The molecule has 0 spiro atoms. The molecule has 2 aliphatic rings. The lowest BCUT2D eigenvalue weighted by atomic mass is 10.1. The van der Waals surface area contributed by atoms with E-state index in [9.17, 15) is 0 Å². The molecule has 1 aliphatic heterocycles. The summed E-state index contributed by atoms with van der Waals surface area (Å²) in [5.41, 5.74) is 0. The van der Waals surface area contributed by atoms with Crippen LogP contribution in [0.1, 0.15) is 39.5 Å². The summed E-state index contributed by atoms with van der Waals surface area (Å²) in [6.07, 6.45) is 5.57. The van der Waals surface area contributed by atoms with E-state index >= 15 is 0 Å². The first-order valence-corrected chi connectivity index (χ1v) is 7.34. The van der Waals surface area contributed by atoms with Crippen LogP contribution in [0.4, 0.5) is 0 Å². The Hall–Kier alpha value is -0.120. The minimum absolute atomic E-state index is 0.667. The highest BCUT2D eigenvalue weighted by molar-refractivity contribution is 4.88. The van der Waals surface area contributed by atoms with Crippen LogP contribution in [0.25, 0.3) is 0 Å².